The molecule has 0 aliphatic heterocycles. The SMILES string of the molecule is O=C(O)C1(c2ccc(I)cc2F)CC1. The van der Waals surface area contributed by atoms with Crippen molar-refractivity contribution in [2.24, 2.45) is 0 Å². The topological polar surface area (TPSA) is 37.3 Å². The third-order valence-corrected chi connectivity index (χ3v) is 3.28. The van der Waals surface area contributed by atoms with Gasteiger partial charge in [-0.1, -0.05) is 6.07 Å². The van der Waals surface area contributed by atoms with E-state index in [1.165, 1.54) is 6.07 Å². The van der Waals surface area contributed by atoms with E-state index in [1.54, 1.807) is 12.1 Å². The summed E-state index contributed by atoms with van der Waals surface area (Å²) in [6.07, 6.45) is 1.08. The number of benzene rings is 1. The number of aliphatic carboxylic acids is 1. The number of hydrogen-bond donors (Lipinski definition) is 1. The minimum atomic E-state index is -0.936. The zero-order valence-electron chi connectivity index (χ0n) is 7.26. The lowest BCUT2D eigenvalue weighted by Crippen LogP contribution is -2.20. The first-order valence-corrected chi connectivity index (χ1v) is 5.33. The Morgan fingerprint density at radius 3 is 2.57 bits per heavy atom. The summed E-state index contributed by atoms with van der Waals surface area (Å²) >= 11 is 2.00. The molecule has 1 saturated carbocycles. The van der Waals surface area contributed by atoms with Crippen LogP contribution in [0.5, 0.6) is 0 Å². The molecule has 1 N–H and O–H groups in total. The number of hydrogen-bond acceptors (Lipinski definition) is 1. The van der Waals surface area contributed by atoms with Gasteiger partial charge >= 0.3 is 5.97 Å². The van der Waals surface area contributed by atoms with Crippen molar-refractivity contribution < 1.29 is 14.3 Å². The zero-order valence-corrected chi connectivity index (χ0v) is 9.42. The van der Waals surface area contributed by atoms with Crippen LogP contribution in [-0.4, -0.2) is 11.1 Å². The van der Waals surface area contributed by atoms with Crippen LogP contribution in [0.2, 0.25) is 0 Å². The van der Waals surface area contributed by atoms with Crippen LogP contribution in [-0.2, 0) is 10.2 Å². The van der Waals surface area contributed by atoms with E-state index in [4.69, 9.17) is 5.11 Å². The third kappa shape index (κ3) is 1.41. The normalized spacial score (nSPS) is 17.9. The predicted octanol–water partition coefficient (Wildman–Crippen LogP) is 2.55. The fourth-order valence-corrected chi connectivity index (χ4v) is 2.05. The Kier molecular flexibility index (Phi) is 2.25. The second kappa shape index (κ2) is 3.18. The lowest BCUT2D eigenvalue weighted by molar-refractivity contribution is -0.140. The highest BCUT2D eigenvalue weighted by Gasteiger charge is 2.53. The molecule has 1 aliphatic rings. The summed E-state index contributed by atoms with van der Waals surface area (Å²) in [4.78, 5) is 11.0. The van der Waals surface area contributed by atoms with Gasteiger partial charge in [-0.05, 0) is 47.6 Å². The number of rotatable bonds is 2. The fraction of sp³-hybridized carbons (Fsp3) is 0.300. The van der Waals surface area contributed by atoms with Crippen LogP contribution in [0.15, 0.2) is 18.2 Å². The zero-order chi connectivity index (χ0) is 10.3. The van der Waals surface area contributed by atoms with Gasteiger partial charge in [0.05, 0.1) is 5.41 Å². The summed E-state index contributed by atoms with van der Waals surface area (Å²) in [6, 6.07) is 4.69. The maximum absolute atomic E-state index is 13.5. The van der Waals surface area contributed by atoms with Crippen LogP contribution in [0.25, 0.3) is 0 Å². The van der Waals surface area contributed by atoms with Crippen molar-refractivity contribution in [3.63, 3.8) is 0 Å². The minimum Gasteiger partial charge on any atom is -0.481 e. The van der Waals surface area contributed by atoms with Gasteiger partial charge in [0.25, 0.3) is 0 Å². The Bertz CT molecular complexity index is 399. The molecule has 0 unspecified atom stereocenters. The quantitative estimate of drug-likeness (QED) is 0.853. The highest BCUT2D eigenvalue weighted by atomic mass is 127. The Labute approximate surface area is 94.3 Å². The second-order valence-electron chi connectivity index (χ2n) is 3.51. The van der Waals surface area contributed by atoms with Gasteiger partial charge < -0.3 is 5.11 Å². The number of carboxylic acids is 1. The molecule has 0 spiro atoms. The summed E-state index contributed by atoms with van der Waals surface area (Å²) in [5, 5.41) is 8.98. The molecule has 74 valence electrons. The standard InChI is InChI=1S/C10H8FIO2/c11-8-5-6(12)1-2-7(8)10(3-4-10)9(13)14/h1-2,5H,3-4H2,(H,13,14). The molecule has 4 heteroatoms. The largest absolute Gasteiger partial charge is 0.481 e. The van der Waals surface area contributed by atoms with Gasteiger partial charge in [-0.25, -0.2) is 4.39 Å². The Balaban J connectivity index is 2.47. The predicted molar refractivity (Wildman–Crippen MR) is 57.7 cm³/mol. The summed E-state index contributed by atoms with van der Waals surface area (Å²) in [6.45, 7) is 0. The minimum absolute atomic E-state index is 0.324. The van der Waals surface area contributed by atoms with Crippen LogP contribution in [0.1, 0.15) is 18.4 Å². The molecular formula is C10H8FIO2. The molecule has 0 bridgehead atoms. The third-order valence-electron chi connectivity index (χ3n) is 2.61. The van der Waals surface area contributed by atoms with E-state index in [0.717, 1.165) is 3.57 Å². The van der Waals surface area contributed by atoms with Crippen LogP contribution < -0.4 is 0 Å². The van der Waals surface area contributed by atoms with E-state index in [1.807, 2.05) is 22.6 Å². The monoisotopic (exact) mass is 306 g/mol. The van der Waals surface area contributed by atoms with Gasteiger partial charge in [0, 0.05) is 9.13 Å². The van der Waals surface area contributed by atoms with Crippen molar-refractivity contribution in [1.29, 1.82) is 0 Å². The Morgan fingerprint density at radius 1 is 1.50 bits per heavy atom. The lowest BCUT2D eigenvalue weighted by Gasteiger charge is -2.10. The second-order valence-corrected chi connectivity index (χ2v) is 4.76. The molecule has 2 nitrogen and oxygen atoms in total. The summed E-state index contributed by atoms with van der Waals surface area (Å²) in [5.41, 5.74) is -0.612. The highest BCUT2D eigenvalue weighted by Crippen LogP contribution is 2.49. The molecule has 1 aromatic carbocycles. The van der Waals surface area contributed by atoms with E-state index < -0.39 is 17.2 Å². The first kappa shape index (κ1) is 9.89. The van der Waals surface area contributed by atoms with Crippen molar-refractivity contribution in [1.82, 2.24) is 0 Å². The van der Waals surface area contributed by atoms with E-state index in [9.17, 15) is 9.18 Å². The molecule has 14 heavy (non-hydrogen) atoms. The maximum Gasteiger partial charge on any atom is 0.314 e. The molecule has 0 heterocycles. The van der Waals surface area contributed by atoms with Crippen LogP contribution >= 0.6 is 22.6 Å². The van der Waals surface area contributed by atoms with Gasteiger partial charge in [0.1, 0.15) is 5.82 Å². The maximum atomic E-state index is 13.5. The molecule has 1 aromatic rings. The smallest absolute Gasteiger partial charge is 0.314 e. The van der Waals surface area contributed by atoms with Gasteiger partial charge in [-0.2, -0.15) is 0 Å². The number of carboxylic acid groups (broad SMARTS) is 1. The average molecular weight is 306 g/mol. The van der Waals surface area contributed by atoms with Crippen molar-refractivity contribution in [3.05, 3.63) is 33.1 Å². The molecule has 0 atom stereocenters. The van der Waals surface area contributed by atoms with Gasteiger partial charge in [-0.15, -0.1) is 0 Å². The van der Waals surface area contributed by atoms with Crippen LogP contribution in [0, 0.1) is 9.39 Å². The molecule has 1 aliphatic carbocycles. The van der Waals surface area contributed by atoms with E-state index in [-0.39, 0.29) is 0 Å². The molecule has 2 rings (SSSR count). The van der Waals surface area contributed by atoms with Crippen molar-refractivity contribution in [3.8, 4) is 0 Å². The number of halogens is 2. The van der Waals surface area contributed by atoms with Crippen molar-refractivity contribution >= 4 is 28.6 Å². The van der Waals surface area contributed by atoms with E-state index in [2.05, 4.69) is 0 Å². The van der Waals surface area contributed by atoms with Gasteiger partial charge in [0.15, 0.2) is 0 Å². The van der Waals surface area contributed by atoms with Crippen LogP contribution in [0.4, 0.5) is 4.39 Å². The molecule has 0 amide bonds. The van der Waals surface area contributed by atoms with E-state index in [0.29, 0.717) is 18.4 Å². The molecular weight excluding hydrogens is 298 g/mol. The van der Waals surface area contributed by atoms with Gasteiger partial charge in [0.2, 0.25) is 0 Å². The Hall–Kier alpha value is -0.650. The lowest BCUT2D eigenvalue weighted by atomic mass is 9.96. The average Bonchev–Trinajstić information content (AvgIpc) is 2.84. The summed E-state index contributed by atoms with van der Waals surface area (Å²) in [5.74, 6) is -1.32. The number of carbonyl (C=O) groups is 1. The van der Waals surface area contributed by atoms with Gasteiger partial charge in [-0.3, -0.25) is 4.79 Å². The highest BCUT2D eigenvalue weighted by molar-refractivity contribution is 14.1. The summed E-state index contributed by atoms with van der Waals surface area (Å²) < 4.78 is 14.3. The molecule has 0 saturated heterocycles. The fourth-order valence-electron chi connectivity index (χ4n) is 1.60. The van der Waals surface area contributed by atoms with Crippen molar-refractivity contribution in [2.45, 2.75) is 18.3 Å². The van der Waals surface area contributed by atoms with Crippen molar-refractivity contribution in [2.75, 3.05) is 0 Å². The van der Waals surface area contributed by atoms with E-state index >= 15 is 0 Å². The molecule has 0 radical (unpaired) electrons. The molecule has 1 fully saturated rings. The Morgan fingerprint density at radius 2 is 2.14 bits per heavy atom. The first-order chi connectivity index (χ1) is 6.56. The summed E-state index contributed by atoms with van der Waals surface area (Å²) in [7, 11) is 0. The van der Waals surface area contributed by atoms with Crippen LogP contribution in [0.3, 0.4) is 0 Å². The molecule has 0 aromatic heterocycles. The first-order valence-electron chi connectivity index (χ1n) is 4.25.